The Hall–Kier alpha value is -2.23. The zero-order chi connectivity index (χ0) is 22.7. The van der Waals surface area contributed by atoms with Crippen LogP contribution in [0.5, 0.6) is 0 Å². The number of hydrogen-bond acceptors (Lipinski definition) is 6. The summed E-state index contributed by atoms with van der Waals surface area (Å²) < 4.78 is 27.4. The molecule has 1 fully saturated rings. The highest BCUT2D eigenvalue weighted by Gasteiger charge is 2.32. The Bertz CT molecular complexity index is 1070. The number of nitrogens with zero attached hydrogens (tertiary/aromatic N) is 2. The lowest BCUT2D eigenvalue weighted by Crippen LogP contribution is -2.41. The monoisotopic (exact) mass is 474 g/mol. The van der Waals surface area contributed by atoms with Gasteiger partial charge in [-0.3, -0.25) is 19.4 Å². The summed E-state index contributed by atoms with van der Waals surface area (Å²) in [5.74, 6) is 0.307. The van der Waals surface area contributed by atoms with E-state index in [2.05, 4.69) is 31.4 Å². The highest BCUT2D eigenvalue weighted by molar-refractivity contribution is 7.90. The number of carbonyl (C=O) groups is 1. The highest BCUT2D eigenvalue weighted by Crippen LogP contribution is 2.28. The van der Waals surface area contributed by atoms with Crippen LogP contribution in [0.1, 0.15) is 49.6 Å². The van der Waals surface area contributed by atoms with Crippen LogP contribution in [0.3, 0.4) is 0 Å². The first-order chi connectivity index (χ1) is 15.3. The molecule has 1 saturated heterocycles. The number of amides is 1. The molecule has 7 nitrogen and oxygen atoms in total. The summed E-state index contributed by atoms with van der Waals surface area (Å²) in [6, 6.07) is 10.4. The fourth-order valence-corrected chi connectivity index (χ4v) is 6.41. The van der Waals surface area contributed by atoms with E-state index in [1.54, 1.807) is 35.6 Å². The Morgan fingerprint density at radius 3 is 2.62 bits per heavy atom. The molecule has 0 radical (unpaired) electrons. The third-order valence-corrected chi connectivity index (χ3v) is 8.24. The van der Waals surface area contributed by atoms with Crippen LogP contribution in [-0.2, 0) is 14.8 Å². The predicted octanol–water partition coefficient (Wildman–Crippen LogP) is 3.15. The van der Waals surface area contributed by atoms with Gasteiger partial charge in [0, 0.05) is 17.0 Å². The fourth-order valence-electron chi connectivity index (χ4n) is 4.31. The summed E-state index contributed by atoms with van der Waals surface area (Å²) in [5.41, 5.74) is 0.516. The van der Waals surface area contributed by atoms with E-state index in [-0.39, 0.29) is 28.6 Å². The number of benzene rings is 1. The lowest BCUT2D eigenvalue weighted by atomic mass is 10.0. The van der Waals surface area contributed by atoms with Crippen LogP contribution in [0.15, 0.2) is 51.7 Å². The van der Waals surface area contributed by atoms with E-state index < -0.39 is 16.1 Å². The van der Waals surface area contributed by atoms with Gasteiger partial charge in [-0.15, -0.1) is 11.3 Å². The van der Waals surface area contributed by atoms with Crippen molar-refractivity contribution in [2.24, 2.45) is 10.9 Å². The first-order valence-corrected chi connectivity index (χ1v) is 13.5. The normalized spacial score (nSPS) is 20.8. The van der Waals surface area contributed by atoms with Gasteiger partial charge in [0.15, 0.2) is 0 Å². The van der Waals surface area contributed by atoms with Crippen LogP contribution in [-0.4, -0.2) is 50.7 Å². The number of sulfonamides is 1. The van der Waals surface area contributed by atoms with Crippen molar-refractivity contribution >= 4 is 33.1 Å². The summed E-state index contributed by atoms with van der Waals surface area (Å²) in [7, 11) is -3.64. The Labute approximate surface area is 194 Å². The van der Waals surface area contributed by atoms with Crippen LogP contribution in [0.2, 0.25) is 0 Å². The van der Waals surface area contributed by atoms with Crippen molar-refractivity contribution in [1.82, 2.24) is 14.9 Å². The largest absolute Gasteiger partial charge is 0.352 e. The number of amidine groups is 1. The zero-order valence-electron chi connectivity index (χ0n) is 18.5. The molecule has 0 saturated carbocycles. The van der Waals surface area contributed by atoms with Crippen molar-refractivity contribution < 1.29 is 13.2 Å². The van der Waals surface area contributed by atoms with E-state index >= 15 is 0 Å². The Balaban J connectivity index is 1.53. The number of rotatable bonds is 8. The molecular formula is C23H30N4O3S2. The summed E-state index contributed by atoms with van der Waals surface area (Å²) in [4.78, 5) is 21.7. The second-order valence-corrected chi connectivity index (χ2v) is 11.4. The third-order valence-electron chi connectivity index (χ3n) is 5.87. The molecule has 0 aliphatic carbocycles. The molecule has 2 aromatic rings. The van der Waals surface area contributed by atoms with E-state index in [9.17, 15) is 13.2 Å². The molecule has 172 valence electrons. The van der Waals surface area contributed by atoms with Crippen LogP contribution < -0.4 is 10.0 Å². The molecule has 2 unspecified atom stereocenters. The second-order valence-electron chi connectivity index (χ2n) is 8.74. The second kappa shape index (κ2) is 9.72. The number of fused-ring (bicyclic) bond motifs is 1. The van der Waals surface area contributed by atoms with Crippen LogP contribution in [0.4, 0.5) is 0 Å². The molecule has 32 heavy (non-hydrogen) atoms. The van der Waals surface area contributed by atoms with Crippen molar-refractivity contribution in [3.8, 4) is 0 Å². The quantitative estimate of drug-likeness (QED) is 0.615. The summed E-state index contributed by atoms with van der Waals surface area (Å²) in [6.07, 6.45) is 2.89. The van der Waals surface area contributed by atoms with E-state index in [1.165, 1.54) is 17.7 Å². The van der Waals surface area contributed by atoms with Gasteiger partial charge in [-0.05, 0) is 61.8 Å². The number of hydrogen-bond donors (Lipinski definition) is 2. The number of carbonyl (C=O) groups excluding carboxylic acids is 1. The van der Waals surface area contributed by atoms with Crippen molar-refractivity contribution in [2.75, 3.05) is 19.6 Å². The van der Waals surface area contributed by atoms with Gasteiger partial charge in [-0.2, -0.15) is 0 Å². The molecule has 3 heterocycles. The van der Waals surface area contributed by atoms with Gasteiger partial charge in [0.2, 0.25) is 5.91 Å². The maximum absolute atomic E-state index is 13.2. The molecule has 1 aromatic heterocycles. The first kappa shape index (κ1) is 22.9. The Kier molecular flexibility index (Phi) is 6.97. The topological polar surface area (TPSA) is 90.9 Å². The molecule has 2 aliphatic heterocycles. The molecular weight excluding hydrogens is 444 g/mol. The van der Waals surface area contributed by atoms with E-state index in [4.69, 9.17) is 0 Å². The van der Waals surface area contributed by atoms with Crippen molar-refractivity contribution in [3.05, 3.63) is 52.2 Å². The summed E-state index contributed by atoms with van der Waals surface area (Å²) in [5, 5.41) is 5.18. The maximum atomic E-state index is 13.2. The molecule has 1 aromatic carbocycles. The van der Waals surface area contributed by atoms with Gasteiger partial charge in [0.05, 0.1) is 10.9 Å². The number of aliphatic imine (C=N–C) groups is 1. The van der Waals surface area contributed by atoms with E-state index in [0.29, 0.717) is 18.5 Å². The van der Waals surface area contributed by atoms with Crippen molar-refractivity contribution in [1.29, 1.82) is 0 Å². The Morgan fingerprint density at radius 2 is 1.94 bits per heavy atom. The molecule has 9 heteroatoms. The summed E-state index contributed by atoms with van der Waals surface area (Å²) in [6.45, 7) is 6.66. The van der Waals surface area contributed by atoms with Crippen LogP contribution in [0, 0.1) is 5.92 Å². The third kappa shape index (κ3) is 5.05. The van der Waals surface area contributed by atoms with Crippen LogP contribution in [0.25, 0.3) is 0 Å². The molecule has 4 rings (SSSR count). The minimum absolute atomic E-state index is 0.152. The minimum Gasteiger partial charge on any atom is -0.352 e. The molecule has 0 bridgehead atoms. The highest BCUT2D eigenvalue weighted by atomic mass is 32.2. The molecule has 2 atom stereocenters. The van der Waals surface area contributed by atoms with E-state index in [0.717, 1.165) is 13.1 Å². The number of likely N-dealkylation sites (tertiary alicyclic amines) is 1. The average Bonchev–Trinajstić information content (AvgIpc) is 3.50. The maximum Gasteiger partial charge on any atom is 0.263 e. The van der Waals surface area contributed by atoms with Gasteiger partial charge >= 0.3 is 0 Å². The smallest absolute Gasteiger partial charge is 0.263 e. The van der Waals surface area contributed by atoms with Gasteiger partial charge in [-0.25, -0.2) is 8.42 Å². The number of thiophene rings is 1. The van der Waals surface area contributed by atoms with Crippen molar-refractivity contribution in [2.45, 2.75) is 50.1 Å². The van der Waals surface area contributed by atoms with Crippen LogP contribution >= 0.6 is 11.3 Å². The average molecular weight is 475 g/mol. The van der Waals surface area contributed by atoms with Gasteiger partial charge in [0.25, 0.3) is 10.0 Å². The van der Waals surface area contributed by atoms with Gasteiger partial charge in [-0.1, -0.05) is 32.0 Å². The molecule has 2 N–H and O–H groups in total. The van der Waals surface area contributed by atoms with E-state index in [1.807, 2.05) is 19.9 Å². The molecule has 2 aliphatic rings. The lowest BCUT2D eigenvalue weighted by molar-refractivity contribution is -0.122. The SMILES string of the molecule is CC(C)CC(N=C1NS(=O)(=O)c2ccccc21)C(=O)NCC(c1cccs1)N1CCCC1. The summed E-state index contributed by atoms with van der Waals surface area (Å²) >= 11 is 1.71. The standard InChI is InChI=1S/C23H30N4O3S2/c1-16(2)14-18(25-22-17-8-3-4-10-21(17)32(29,30)26-22)23(28)24-15-19(20-9-7-13-31-20)27-11-5-6-12-27/h3-4,7-10,13,16,18-19H,5-6,11-12,14-15H2,1-2H3,(H,24,28)(H,25,26). The zero-order valence-corrected chi connectivity index (χ0v) is 20.1. The molecule has 0 spiro atoms. The number of nitrogens with one attached hydrogen (secondary N) is 2. The fraction of sp³-hybridized carbons (Fsp3) is 0.478. The molecule has 1 amide bonds. The predicted molar refractivity (Wildman–Crippen MR) is 127 cm³/mol. The van der Waals surface area contributed by atoms with Gasteiger partial charge < -0.3 is 5.32 Å². The van der Waals surface area contributed by atoms with Crippen molar-refractivity contribution in [3.63, 3.8) is 0 Å². The minimum atomic E-state index is -3.64. The lowest BCUT2D eigenvalue weighted by Gasteiger charge is -2.27. The van der Waals surface area contributed by atoms with Gasteiger partial charge in [0.1, 0.15) is 11.9 Å². The first-order valence-electron chi connectivity index (χ1n) is 11.1. The Morgan fingerprint density at radius 1 is 1.19 bits per heavy atom.